The Morgan fingerprint density at radius 2 is 0.976 bits per heavy atom. The number of amidine groups is 2. The minimum atomic E-state index is -5.04. The second-order valence-electron chi connectivity index (χ2n) is 19.2. The van der Waals surface area contributed by atoms with Gasteiger partial charge < -0.3 is 69.8 Å². The van der Waals surface area contributed by atoms with Gasteiger partial charge in [0.2, 0.25) is 30.1 Å². The van der Waals surface area contributed by atoms with E-state index in [1.807, 2.05) is 21.7 Å². The Morgan fingerprint density at radius 1 is 0.512 bits per heavy atom. The van der Waals surface area contributed by atoms with Crippen LogP contribution in [0.5, 0.6) is 0 Å². The van der Waals surface area contributed by atoms with E-state index in [1.165, 1.54) is 48.5 Å². The predicted octanol–water partition coefficient (Wildman–Crippen LogP) is -2.76. The van der Waals surface area contributed by atoms with Crippen LogP contribution in [0.1, 0.15) is 30.4 Å². The third-order valence-corrected chi connectivity index (χ3v) is 18.6. The number of aliphatic imine (C=N–C) groups is 2. The van der Waals surface area contributed by atoms with Crippen LogP contribution < -0.4 is 70.0 Å². The summed E-state index contributed by atoms with van der Waals surface area (Å²) >= 11 is 0. The molecule has 0 amide bonds. The average molecular weight is 1260 g/mol. The Kier molecular flexibility index (Phi) is 21.3. The second kappa shape index (κ2) is 27.0. The summed E-state index contributed by atoms with van der Waals surface area (Å²) in [5.41, 5.74) is 0.183. The van der Waals surface area contributed by atoms with Crippen LogP contribution in [0.2, 0.25) is 0 Å². The molecule has 82 heavy (non-hydrogen) atoms. The first-order chi connectivity index (χ1) is 38.1. The van der Waals surface area contributed by atoms with Gasteiger partial charge in [-0.25, -0.2) is 52.8 Å². The standard InChI is InChI=1S/C50H60N14O12S4.Cu.Na/c1-62(21-24-65)18-4-15-51-77(68,69)31-7-11-35-39(27-31)47-55-43(35)54-44-36-12-8-32(78(70,71)52-16-5-19-63(2)22-25-66)28-40(36)48(56-44)58-46-38-14-10-34(80(74,75)76)30-42(38)50(60-46)61-49-41-29-33(9-13-37(41)45(57-47)59-49)79(72,73)53-17-6-20-64(3)23-26-67;;/h7-14,27-30,51-54,56,65-67H,4-6,15-26H2,1-3H3,(H-,57,58,59,60,61,74,75,76);;/q-2;+2;+1/p-1. The Morgan fingerprint density at radius 3 is 1.52 bits per heavy atom. The fraction of sp³-hybridized carbons (Fsp3) is 0.360. The molecule has 2 aliphatic rings. The van der Waals surface area contributed by atoms with Crippen LogP contribution >= 0.6 is 0 Å². The molecule has 0 unspecified atom stereocenters. The molecule has 4 aromatic carbocycles. The quantitative estimate of drug-likeness (QED) is 0.0163. The van der Waals surface area contributed by atoms with E-state index < -0.39 is 45.1 Å². The van der Waals surface area contributed by atoms with Crippen molar-refractivity contribution in [2.24, 2.45) is 20.0 Å². The number of H-pyrrole nitrogens is 1. The number of likely N-dealkylation sites (N-methyl/N-ethyl adjacent to an activating group) is 3. The van der Waals surface area contributed by atoms with E-state index in [2.05, 4.69) is 24.5 Å². The molecule has 2 aliphatic heterocycles. The van der Waals surface area contributed by atoms with Crippen molar-refractivity contribution in [1.82, 2.24) is 43.8 Å². The number of aliphatic hydroxyl groups excluding tert-OH is 3. The van der Waals surface area contributed by atoms with Crippen LogP contribution in [0.25, 0.3) is 32.3 Å². The molecular weight excluding hydrogens is 1200 g/mol. The number of aromatic amines is 1. The zero-order valence-corrected chi connectivity index (χ0v) is 51.2. The van der Waals surface area contributed by atoms with E-state index in [9.17, 15) is 53.5 Å². The number of rotatable bonds is 25. The molecule has 0 fully saturated rings. The SMILES string of the molecule is CN(CCO)CCCNS(=O)(=O)c1ccc2c(c1)C1=NC2=Nc2[n-]c(c3ccc(S(=O)(=O)NCCCN(C)CCO)cc23)Nc2[nH]c(c3cc(S(=O)(=O)NCCCN(C)CCO)ccc23)N=c2[n-]c(c3cc(S(=O)(=O)[O-])ccc23)=N1.[Cu+2].[Na+]. The van der Waals surface area contributed by atoms with Gasteiger partial charge in [0.25, 0.3) is 0 Å². The number of hydrogen-bond donors (Lipinski definition) is 8. The third kappa shape index (κ3) is 14.6. The van der Waals surface area contributed by atoms with Gasteiger partial charge in [-0.05, 0) is 130 Å². The molecule has 1 radical (unpaired) electrons. The van der Waals surface area contributed by atoms with E-state index in [4.69, 9.17) is 29.9 Å². The molecule has 0 saturated heterocycles. The summed E-state index contributed by atoms with van der Waals surface area (Å²) in [5, 5.41) is 32.7. The van der Waals surface area contributed by atoms with Crippen molar-refractivity contribution in [3.63, 3.8) is 0 Å². The molecule has 8 N–H and O–H groups in total. The maximum absolute atomic E-state index is 13.9. The fourth-order valence-corrected chi connectivity index (χ4v) is 12.9. The Labute approximate surface area is 506 Å². The van der Waals surface area contributed by atoms with Crippen molar-refractivity contribution < 1.29 is 100 Å². The van der Waals surface area contributed by atoms with Gasteiger partial charge in [0.1, 0.15) is 10.1 Å². The summed E-state index contributed by atoms with van der Waals surface area (Å²) in [4.78, 5) is 36.7. The minimum absolute atomic E-state index is 0. The van der Waals surface area contributed by atoms with Crippen LogP contribution in [-0.4, -0.2) is 185 Å². The molecule has 3 aromatic heterocycles. The predicted molar refractivity (Wildman–Crippen MR) is 298 cm³/mol. The smallest absolute Gasteiger partial charge is 0.744 e. The molecule has 0 saturated carbocycles. The van der Waals surface area contributed by atoms with E-state index in [1.54, 1.807) is 26.2 Å². The van der Waals surface area contributed by atoms with Crippen LogP contribution in [0.3, 0.4) is 0 Å². The number of nitrogens with one attached hydrogen (secondary N) is 5. The van der Waals surface area contributed by atoms with Gasteiger partial charge in [-0.1, -0.05) is 24.3 Å². The van der Waals surface area contributed by atoms with Crippen molar-refractivity contribution in [1.29, 1.82) is 0 Å². The van der Waals surface area contributed by atoms with E-state index in [0.717, 1.165) is 12.1 Å². The number of hydrogen-bond acceptors (Lipinski definition) is 20. The summed E-state index contributed by atoms with van der Waals surface area (Å²) < 4.78 is 129. The topological polar surface area (TPSA) is 372 Å². The minimum Gasteiger partial charge on any atom is -0.744 e. The van der Waals surface area contributed by atoms with Crippen LogP contribution in [-0.2, 0) is 57.3 Å². The summed E-state index contributed by atoms with van der Waals surface area (Å²) in [5.74, 6) is 0.283. The molecule has 5 heterocycles. The molecule has 7 aromatic rings. The largest absolute Gasteiger partial charge is 2.00 e. The molecule has 0 aliphatic carbocycles. The van der Waals surface area contributed by atoms with Gasteiger partial charge in [0.15, 0.2) is 0 Å². The van der Waals surface area contributed by atoms with Crippen molar-refractivity contribution in [2.75, 3.05) is 105 Å². The maximum atomic E-state index is 13.9. The number of anilines is 2. The van der Waals surface area contributed by atoms with Crippen molar-refractivity contribution in [2.45, 2.75) is 38.8 Å². The Balaban J connectivity index is 0.00000484. The zero-order valence-electron chi connectivity index (χ0n) is 45.0. The van der Waals surface area contributed by atoms with E-state index >= 15 is 0 Å². The number of fused-ring (bicyclic) bond motifs is 19. The maximum Gasteiger partial charge on any atom is 2.00 e. The summed E-state index contributed by atoms with van der Waals surface area (Å²) in [7, 11) is -12.1. The normalized spacial score (nSPS) is 13.7. The molecule has 0 atom stereocenters. The number of nitrogens with zero attached hydrogens (tertiary/aromatic N) is 9. The monoisotopic (exact) mass is 1260 g/mol. The van der Waals surface area contributed by atoms with Gasteiger partial charge in [-0.15, -0.1) is 0 Å². The Bertz CT molecular complexity index is 4180. The van der Waals surface area contributed by atoms with Crippen LogP contribution in [0, 0.1) is 0 Å². The first-order valence-corrected chi connectivity index (χ1v) is 31.2. The summed E-state index contributed by atoms with van der Waals surface area (Å²) in [6, 6.07) is 16.4. The van der Waals surface area contributed by atoms with E-state index in [-0.39, 0.29) is 179 Å². The molecule has 437 valence electrons. The summed E-state index contributed by atoms with van der Waals surface area (Å²) in [6.45, 7) is 2.84. The molecule has 8 bridgehead atoms. The average Bonchev–Trinajstić information content (AvgIpc) is 4.30. The first kappa shape index (κ1) is 64.7. The molecule has 0 spiro atoms. The number of aliphatic hydroxyl groups is 3. The van der Waals surface area contributed by atoms with Gasteiger partial charge in [-0.2, -0.15) is 0 Å². The summed E-state index contributed by atoms with van der Waals surface area (Å²) in [6.07, 6.45) is 1.31. The van der Waals surface area contributed by atoms with Gasteiger partial charge >= 0.3 is 46.6 Å². The third-order valence-electron chi connectivity index (χ3n) is 13.4. The number of aromatic nitrogens is 3. The Hall–Kier alpha value is -4.84. The van der Waals surface area contributed by atoms with Gasteiger partial charge in [0, 0.05) is 83.8 Å². The molecule has 26 nitrogen and oxygen atoms in total. The number of benzene rings is 4. The zero-order chi connectivity index (χ0) is 57.1. The first-order valence-electron chi connectivity index (χ1n) is 25.3. The second-order valence-corrected chi connectivity index (χ2v) is 25.9. The van der Waals surface area contributed by atoms with Crippen molar-refractivity contribution >= 4 is 107 Å². The van der Waals surface area contributed by atoms with Crippen LogP contribution in [0.15, 0.2) is 112 Å². The molecule has 9 rings (SSSR count). The van der Waals surface area contributed by atoms with Gasteiger partial charge in [0.05, 0.1) is 62.7 Å². The van der Waals surface area contributed by atoms with Crippen molar-refractivity contribution in [3.05, 3.63) is 94.9 Å². The molecular formula is C50H59CuN14NaO12S4. The van der Waals surface area contributed by atoms with Gasteiger partial charge in [-0.3, -0.25) is 0 Å². The molecule has 32 heteroatoms. The van der Waals surface area contributed by atoms with Crippen LogP contribution in [0.4, 0.5) is 23.3 Å². The fourth-order valence-electron chi connectivity index (χ4n) is 9.13. The van der Waals surface area contributed by atoms with E-state index in [0.29, 0.717) is 69.3 Å². The van der Waals surface area contributed by atoms with Crippen molar-refractivity contribution in [3.8, 4) is 0 Å². The number of sulfonamides is 3.